The van der Waals surface area contributed by atoms with Gasteiger partial charge in [0, 0.05) is 0 Å². The molecule has 0 fully saturated rings. The number of hydrogen-bond donors (Lipinski definition) is 4. The van der Waals surface area contributed by atoms with Crippen molar-refractivity contribution in [2.24, 2.45) is 5.73 Å². The quantitative estimate of drug-likeness (QED) is 0.408. The van der Waals surface area contributed by atoms with E-state index in [2.05, 4.69) is 15.3 Å². The predicted molar refractivity (Wildman–Crippen MR) is 43.0 cm³/mol. The van der Waals surface area contributed by atoms with Crippen molar-refractivity contribution >= 4 is 11.7 Å². The molecule has 0 saturated heterocycles. The van der Waals surface area contributed by atoms with Gasteiger partial charge in [-0.2, -0.15) is 5.06 Å². The maximum Gasteiger partial charge on any atom is 0.274 e. The number of hydroxylamine groups is 1. The summed E-state index contributed by atoms with van der Waals surface area (Å²) in [6, 6.07) is 0. The summed E-state index contributed by atoms with van der Waals surface area (Å²) >= 11 is 0. The van der Waals surface area contributed by atoms with Gasteiger partial charge >= 0.3 is 0 Å². The van der Waals surface area contributed by atoms with E-state index >= 15 is 0 Å². The van der Waals surface area contributed by atoms with Crippen LogP contribution in [0.1, 0.15) is 16.3 Å². The Morgan fingerprint density at radius 3 is 3.08 bits per heavy atom. The molecule has 70 valence electrons. The smallest absolute Gasteiger partial charge is 0.274 e. The van der Waals surface area contributed by atoms with Crippen molar-refractivity contribution in [3.8, 4) is 0 Å². The van der Waals surface area contributed by atoms with Crippen LogP contribution in [0.5, 0.6) is 0 Å². The maximum absolute atomic E-state index is 11.3. The number of rotatable bonds is 0. The zero-order valence-corrected chi connectivity index (χ0v) is 6.90. The normalized spacial score (nSPS) is 21.3. The summed E-state index contributed by atoms with van der Waals surface area (Å²) in [4.78, 5) is 17.9. The first-order valence-electron chi connectivity index (χ1n) is 3.71. The molecule has 0 aromatic carbocycles. The molecule has 1 unspecified atom stereocenters. The van der Waals surface area contributed by atoms with Crippen LogP contribution in [0.3, 0.4) is 0 Å². The second-order valence-corrected chi connectivity index (χ2v) is 2.78. The first kappa shape index (κ1) is 8.02. The summed E-state index contributed by atoms with van der Waals surface area (Å²) in [5.41, 5.74) is 5.61. The number of nitrogens with zero attached hydrogens (tertiary/aromatic N) is 2. The number of nitrogens with two attached hydrogens (primary N) is 1. The lowest BCUT2D eigenvalue weighted by Crippen LogP contribution is -2.56. The average Bonchev–Trinajstić information content (AvgIpc) is 2.44. The van der Waals surface area contributed by atoms with Crippen LogP contribution in [-0.4, -0.2) is 27.4 Å². The number of anilines is 1. The summed E-state index contributed by atoms with van der Waals surface area (Å²) in [6.45, 7) is 1.69. The van der Waals surface area contributed by atoms with Crippen molar-refractivity contribution in [3.63, 3.8) is 0 Å². The van der Waals surface area contributed by atoms with Gasteiger partial charge in [0.1, 0.15) is 5.82 Å². The fraction of sp³-hybridized carbons (Fsp3) is 0.333. The highest BCUT2D eigenvalue weighted by Crippen LogP contribution is 2.19. The van der Waals surface area contributed by atoms with E-state index in [0.29, 0.717) is 10.9 Å². The van der Waals surface area contributed by atoms with Crippen LogP contribution in [0.15, 0.2) is 0 Å². The molecule has 1 aromatic heterocycles. The van der Waals surface area contributed by atoms with Crippen molar-refractivity contribution in [1.29, 1.82) is 0 Å². The van der Waals surface area contributed by atoms with Crippen LogP contribution in [-0.2, 0) is 0 Å². The number of fused-ring (bicyclic) bond motifs is 1. The highest BCUT2D eigenvalue weighted by molar-refractivity contribution is 5.98. The molecule has 5 N–H and O–H groups in total. The molecular formula is C6H9N5O2. The highest BCUT2D eigenvalue weighted by atomic mass is 16.5. The van der Waals surface area contributed by atoms with Gasteiger partial charge < -0.3 is 10.3 Å². The van der Waals surface area contributed by atoms with Gasteiger partial charge in [-0.05, 0) is 6.92 Å². The third-order valence-corrected chi connectivity index (χ3v) is 1.79. The van der Waals surface area contributed by atoms with E-state index in [9.17, 15) is 10.0 Å². The molecule has 1 aromatic rings. The van der Waals surface area contributed by atoms with Gasteiger partial charge in [0.25, 0.3) is 5.91 Å². The predicted octanol–water partition coefficient (Wildman–Crippen LogP) is -1.10. The molecule has 1 atom stereocenters. The molecule has 0 radical (unpaired) electrons. The number of aromatic amines is 1. The second-order valence-electron chi connectivity index (χ2n) is 2.78. The number of carbonyl (C=O) groups is 1. The zero-order valence-electron chi connectivity index (χ0n) is 6.90. The molecule has 0 bridgehead atoms. The van der Waals surface area contributed by atoms with Gasteiger partial charge in [0.15, 0.2) is 17.8 Å². The van der Waals surface area contributed by atoms with E-state index in [1.807, 2.05) is 0 Å². The summed E-state index contributed by atoms with van der Waals surface area (Å²) in [7, 11) is 0. The summed E-state index contributed by atoms with van der Waals surface area (Å²) in [5.74, 6) is 0.343. The van der Waals surface area contributed by atoms with E-state index < -0.39 is 6.29 Å². The fourth-order valence-electron chi connectivity index (χ4n) is 1.20. The first-order chi connectivity index (χ1) is 6.09. The molecular weight excluding hydrogens is 174 g/mol. The Kier molecular flexibility index (Phi) is 1.51. The third kappa shape index (κ3) is 1.05. The van der Waals surface area contributed by atoms with Gasteiger partial charge in [-0.25, -0.2) is 4.98 Å². The standard InChI is InChI=1S/C6H9N5O2/c1-2-8-3-4(9-2)11(13)6(7)10-5(3)12/h6,13H,7H2,1H3,(H,8,9)(H,10,12). The fourth-order valence-corrected chi connectivity index (χ4v) is 1.20. The van der Waals surface area contributed by atoms with E-state index in [0.717, 1.165) is 0 Å². The first-order valence-corrected chi connectivity index (χ1v) is 3.71. The number of hydrogen-bond acceptors (Lipinski definition) is 5. The lowest BCUT2D eigenvalue weighted by molar-refractivity contribution is 0.0869. The summed E-state index contributed by atoms with van der Waals surface area (Å²) in [5, 5.41) is 12.4. The number of aryl methyl sites for hydroxylation is 1. The number of imidazole rings is 1. The number of carbonyl (C=O) groups excluding carboxylic acids is 1. The summed E-state index contributed by atoms with van der Waals surface area (Å²) in [6.07, 6.45) is -0.942. The molecule has 1 amide bonds. The van der Waals surface area contributed by atoms with Crippen LogP contribution in [0.25, 0.3) is 0 Å². The van der Waals surface area contributed by atoms with Crippen LogP contribution < -0.4 is 16.1 Å². The highest BCUT2D eigenvalue weighted by Gasteiger charge is 2.30. The minimum atomic E-state index is -0.942. The van der Waals surface area contributed by atoms with Crippen molar-refractivity contribution in [1.82, 2.24) is 15.3 Å². The number of amides is 1. The van der Waals surface area contributed by atoms with Crippen LogP contribution in [0.2, 0.25) is 0 Å². The molecule has 0 saturated carbocycles. The Labute approximate surface area is 73.5 Å². The Morgan fingerprint density at radius 2 is 2.38 bits per heavy atom. The molecule has 0 spiro atoms. The third-order valence-electron chi connectivity index (χ3n) is 1.79. The molecule has 2 heterocycles. The Balaban J connectivity index is 2.53. The summed E-state index contributed by atoms with van der Waals surface area (Å²) < 4.78 is 0. The van der Waals surface area contributed by atoms with Gasteiger partial charge in [0.05, 0.1) is 0 Å². The number of aromatic nitrogens is 2. The minimum absolute atomic E-state index is 0.161. The lowest BCUT2D eigenvalue weighted by atomic mass is 10.3. The molecule has 7 nitrogen and oxygen atoms in total. The average molecular weight is 183 g/mol. The Bertz CT molecular complexity index is 360. The maximum atomic E-state index is 11.3. The molecule has 0 aliphatic carbocycles. The number of H-pyrrole nitrogens is 1. The van der Waals surface area contributed by atoms with E-state index in [1.165, 1.54) is 0 Å². The zero-order chi connectivity index (χ0) is 9.59. The monoisotopic (exact) mass is 183 g/mol. The van der Waals surface area contributed by atoms with E-state index in [1.54, 1.807) is 6.92 Å². The van der Waals surface area contributed by atoms with Gasteiger partial charge in [0.2, 0.25) is 0 Å². The van der Waals surface area contributed by atoms with Gasteiger partial charge in [-0.3, -0.25) is 15.7 Å². The van der Waals surface area contributed by atoms with E-state index in [-0.39, 0.29) is 17.4 Å². The Hall–Kier alpha value is -1.60. The van der Waals surface area contributed by atoms with Crippen molar-refractivity contribution < 1.29 is 10.0 Å². The Morgan fingerprint density at radius 1 is 1.69 bits per heavy atom. The second kappa shape index (κ2) is 2.44. The van der Waals surface area contributed by atoms with Gasteiger partial charge in [-0.15, -0.1) is 0 Å². The molecule has 7 heteroatoms. The largest absolute Gasteiger partial charge is 0.336 e. The van der Waals surface area contributed by atoms with Crippen LogP contribution >= 0.6 is 0 Å². The van der Waals surface area contributed by atoms with Crippen LogP contribution in [0, 0.1) is 6.92 Å². The molecule has 13 heavy (non-hydrogen) atoms. The van der Waals surface area contributed by atoms with Crippen molar-refractivity contribution in [3.05, 3.63) is 11.5 Å². The van der Waals surface area contributed by atoms with Crippen LogP contribution in [0.4, 0.5) is 5.82 Å². The molecule has 2 rings (SSSR count). The molecule has 1 aliphatic heterocycles. The van der Waals surface area contributed by atoms with Crippen molar-refractivity contribution in [2.75, 3.05) is 5.06 Å². The lowest BCUT2D eigenvalue weighted by Gasteiger charge is -2.27. The topological polar surface area (TPSA) is 107 Å². The van der Waals surface area contributed by atoms with Gasteiger partial charge in [-0.1, -0.05) is 0 Å². The molecule has 1 aliphatic rings. The van der Waals surface area contributed by atoms with Crippen molar-refractivity contribution in [2.45, 2.75) is 13.2 Å². The van der Waals surface area contributed by atoms with E-state index in [4.69, 9.17) is 5.73 Å². The number of nitrogens with one attached hydrogen (secondary N) is 2. The minimum Gasteiger partial charge on any atom is -0.336 e. The SMILES string of the molecule is Cc1nc2c([nH]1)C(=O)NC(N)N2O.